The molecule has 0 unspecified atom stereocenters. The second-order valence-corrected chi connectivity index (χ2v) is 5.29. The van der Waals surface area contributed by atoms with E-state index < -0.39 is 0 Å². The first-order chi connectivity index (χ1) is 10.8. The molecule has 2 aromatic heterocycles. The van der Waals surface area contributed by atoms with Gasteiger partial charge in [-0.3, -0.25) is 4.98 Å². The molecule has 6 heteroatoms. The van der Waals surface area contributed by atoms with Gasteiger partial charge in [-0.2, -0.15) is 5.26 Å². The van der Waals surface area contributed by atoms with Crippen LogP contribution >= 0.6 is 0 Å². The van der Waals surface area contributed by atoms with Crippen LogP contribution in [0.2, 0.25) is 0 Å². The monoisotopic (exact) mass is 295 g/mol. The maximum absolute atomic E-state index is 9.17. The fourth-order valence-corrected chi connectivity index (χ4v) is 2.59. The molecule has 0 bridgehead atoms. The molecule has 0 saturated carbocycles. The van der Waals surface area contributed by atoms with Crippen molar-refractivity contribution in [1.29, 1.82) is 5.26 Å². The molecule has 112 valence electrons. The smallest absolute Gasteiger partial charge is 0.232 e. The second-order valence-electron chi connectivity index (χ2n) is 5.29. The summed E-state index contributed by atoms with van der Waals surface area (Å²) in [7, 11) is 0. The number of ether oxygens (including phenoxy) is 1. The number of aryl methyl sites for hydroxylation is 1. The third-order valence-electron chi connectivity index (χ3n) is 3.67. The van der Waals surface area contributed by atoms with Crippen molar-refractivity contribution in [2.45, 2.75) is 25.9 Å². The molecule has 0 spiro atoms. The van der Waals surface area contributed by atoms with Crippen LogP contribution in [0.1, 0.15) is 24.1 Å². The number of rotatable bonds is 3. The number of aromatic nitrogens is 3. The summed E-state index contributed by atoms with van der Waals surface area (Å²) in [5, 5.41) is 9.17. The Morgan fingerprint density at radius 3 is 2.86 bits per heavy atom. The summed E-state index contributed by atoms with van der Waals surface area (Å²) in [6, 6.07) is 5.78. The van der Waals surface area contributed by atoms with Crippen molar-refractivity contribution < 1.29 is 4.74 Å². The van der Waals surface area contributed by atoms with E-state index in [-0.39, 0.29) is 6.10 Å². The molecule has 22 heavy (non-hydrogen) atoms. The van der Waals surface area contributed by atoms with Gasteiger partial charge in [-0.1, -0.05) is 0 Å². The van der Waals surface area contributed by atoms with E-state index in [1.54, 1.807) is 30.7 Å². The van der Waals surface area contributed by atoms with Crippen molar-refractivity contribution in [1.82, 2.24) is 15.0 Å². The first-order valence-corrected chi connectivity index (χ1v) is 7.31. The number of nitrogens with zero attached hydrogens (tertiary/aromatic N) is 5. The molecule has 0 radical (unpaired) electrons. The molecule has 1 aliphatic heterocycles. The molecule has 6 nitrogen and oxygen atoms in total. The second kappa shape index (κ2) is 6.39. The number of piperidine rings is 1. The Bertz CT molecular complexity index is 689. The molecule has 0 N–H and O–H groups in total. The Balaban J connectivity index is 1.62. The molecule has 1 saturated heterocycles. The van der Waals surface area contributed by atoms with Crippen LogP contribution in [0.5, 0.6) is 5.88 Å². The van der Waals surface area contributed by atoms with Crippen LogP contribution in [0.4, 0.5) is 5.82 Å². The summed E-state index contributed by atoms with van der Waals surface area (Å²) in [5.74, 6) is 1.34. The minimum absolute atomic E-state index is 0.126. The molecule has 1 aliphatic rings. The summed E-state index contributed by atoms with van der Waals surface area (Å²) >= 11 is 0. The van der Waals surface area contributed by atoms with Crippen LogP contribution in [-0.4, -0.2) is 34.1 Å². The summed E-state index contributed by atoms with van der Waals surface area (Å²) in [4.78, 5) is 14.9. The minimum atomic E-state index is 0.126. The van der Waals surface area contributed by atoms with E-state index in [1.807, 2.05) is 6.92 Å². The van der Waals surface area contributed by atoms with Gasteiger partial charge in [-0.25, -0.2) is 9.97 Å². The van der Waals surface area contributed by atoms with Crippen molar-refractivity contribution in [3.63, 3.8) is 0 Å². The highest BCUT2D eigenvalue weighted by Crippen LogP contribution is 2.23. The molecular formula is C16H17N5O. The number of hydrogen-bond donors (Lipinski definition) is 0. The van der Waals surface area contributed by atoms with Gasteiger partial charge in [0.15, 0.2) is 0 Å². The zero-order valence-electron chi connectivity index (χ0n) is 12.4. The van der Waals surface area contributed by atoms with Gasteiger partial charge < -0.3 is 9.64 Å². The number of anilines is 1. The van der Waals surface area contributed by atoms with Crippen molar-refractivity contribution in [2.75, 3.05) is 18.0 Å². The maximum Gasteiger partial charge on any atom is 0.232 e. The summed E-state index contributed by atoms with van der Waals surface area (Å²) < 4.78 is 5.89. The van der Waals surface area contributed by atoms with Gasteiger partial charge in [0, 0.05) is 38.3 Å². The Morgan fingerprint density at radius 1 is 1.32 bits per heavy atom. The lowest BCUT2D eigenvalue weighted by Crippen LogP contribution is -2.39. The van der Waals surface area contributed by atoms with Gasteiger partial charge in [0.25, 0.3) is 0 Å². The lowest BCUT2D eigenvalue weighted by Gasteiger charge is -2.32. The zero-order valence-corrected chi connectivity index (χ0v) is 12.4. The standard InChI is InChI=1S/C16H17N5O/c1-12-10-18-11-15(20-12)22-14-4-7-21(8-5-14)16-13(9-17)3-2-6-19-16/h2-3,6,10-11,14H,4-5,7-8H2,1H3. The summed E-state index contributed by atoms with van der Waals surface area (Å²) in [6.45, 7) is 3.53. The van der Waals surface area contributed by atoms with Gasteiger partial charge in [0.2, 0.25) is 5.88 Å². The fraction of sp³-hybridized carbons (Fsp3) is 0.375. The number of nitriles is 1. The van der Waals surface area contributed by atoms with Crippen LogP contribution < -0.4 is 9.64 Å². The molecular weight excluding hydrogens is 278 g/mol. The van der Waals surface area contributed by atoms with E-state index in [2.05, 4.69) is 25.9 Å². The third kappa shape index (κ3) is 3.14. The lowest BCUT2D eigenvalue weighted by molar-refractivity contribution is 0.163. The van der Waals surface area contributed by atoms with Crippen molar-refractivity contribution in [3.8, 4) is 11.9 Å². The Kier molecular flexibility index (Phi) is 4.15. The van der Waals surface area contributed by atoms with E-state index in [0.29, 0.717) is 11.4 Å². The number of hydrogen-bond acceptors (Lipinski definition) is 6. The van der Waals surface area contributed by atoms with Crippen molar-refractivity contribution in [2.24, 2.45) is 0 Å². The topological polar surface area (TPSA) is 74.9 Å². The zero-order chi connectivity index (χ0) is 15.4. The molecule has 2 aromatic rings. The molecule has 0 amide bonds. The lowest BCUT2D eigenvalue weighted by atomic mass is 10.1. The van der Waals surface area contributed by atoms with Gasteiger partial charge in [-0.15, -0.1) is 0 Å². The van der Waals surface area contributed by atoms with Gasteiger partial charge in [0.05, 0.1) is 17.5 Å². The minimum Gasteiger partial charge on any atom is -0.473 e. The molecule has 0 atom stereocenters. The van der Waals surface area contributed by atoms with Crippen LogP contribution in [0.25, 0.3) is 0 Å². The first-order valence-electron chi connectivity index (χ1n) is 7.31. The van der Waals surface area contributed by atoms with Crippen LogP contribution in [0.15, 0.2) is 30.7 Å². The van der Waals surface area contributed by atoms with Gasteiger partial charge in [0.1, 0.15) is 18.0 Å². The van der Waals surface area contributed by atoms with E-state index in [0.717, 1.165) is 37.4 Å². The Morgan fingerprint density at radius 2 is 2.14 bits per heavy atom. The molecule has 3 rings (SSSR count). The molecule has 1 fully saturated rings. The Labute approximate surface area is 129 Å². The SMILES string of the molecule is Cc1cncc(OC2CCN(c3ncccc3C#N)CC2)n1. The van der Waals surface area contributed by atoms with Crippen LogP contribution in [0, 0.1) is 18.3 Å². The highest BCUT2D eigenvalue weighted by molar-refractivity contribution is 5.53. The van der Waals surface area contributed by atoms with E-state index in [9.17, 15) is 0 Å². The summed E-state index contributed by atoms with van der Waals surface area (Å²) in [6.07, 6.45) is 6.95. The number of pyridine rings is 1. The maximum atomic E-state index is 9.17. The Hall–Kier alpha value is -2.68. The van der Waals surface area contributed by atoms with Crippen molar-refractivity contribution >= 4 is 5.82 Å². The van der Waals surface area contributed by atoms with Crippen LogP contribution in [-0.2, 0) is 0 Å². The average molecular weight is 295 g/mol. The fourth-order valence-electron chi connectivity index (χ4n) is 2.59. The molecule has 0 aliphatic carbocycles. The largest absolute Gasteiger partial charge is 0.473 e. The van der Waals surface area contributed by atoms with Gasteiger partial charge in [-0.05, 0) is 19.1 Å². The molecule has 0 aromatic carbocycles. The first kappa shape index (κ1) is 14.3. The summed E-state index contributed by atoms with van der Waals surface area (Å²) in [5.41, 5.74) is 1.47. The van der Waals surface area contributed by atoms with E-state index in [1.165, 1.54) is 0 Å². The average Bonchev–Trinajstić information content (AvgIpc) is 2.56. The van der Waals surface area contributed by atoms with E-state index >= 15 is 0 Å². The highest BCUT2D eigenvalue weighted by atomic mass is 16.5. The van der Waals surface area contributed by atoms with Crippen LogP contribution in [0.3, 0.4) is 0 Å². The predicted octanol–water partition coefficient (Wildman–Crippen LogP) is 2.10. The molecule has 3 heterocycles. The highest BCUT2D eigenvalue weighted by Gasteiger charge is 2.23. The van der Waals surface area contributed by atoms with Crippen molar-refractivity contribution in [3.05, 3.63) is 42.0 Å². The third-order valence-corrected chi connectivity index (χ3v) is 3.67. The van der Waals surface area contributed by atoms with E-state index in [4.69, 9.17) is 10.00 Å². The normalized spacial score (nSPS) is 15.4. The van der Waals surface area contributed by atoms with Gasteiger partial charge >= 0.3 is 0 Å². The predicted molar refractivity (Wildman–Crippen MR) is 81.6 cm³/mol. The quantitative estimate of drug-likeness (QED) is 0.863.